The number of amides is 1. The Morgan fingerprint density at radius 2 is 1.74 bits per heavy atom. The Hall–Kier alpha value is -2.40. The van der Waals surface area contributed by atoms with Gasteiger partial charge in [0.1, 0.15) is 17.2 Å². The van der Waals surface area contributed by atoms with Crippen LogP contribution in [0.5, 0.6) is 17.2 Å². The molecule has 0 atom stereocenters. The molecule has 1 fully saturated rings. The maximum Gasteiger partial charge on any atom is 0.230 e. The van der Waals surface area contributed by atoms with E-state index in [0.717, 1.165) is 30.4 Å². The molecule has 0 radical (unpaired) electrons. The van der Waals surface area contributed by atoms with Gasteiger partial charge >= 0.3 is 0 Å². The van der Waals surface area contributed by atoms with Crippen molar-refractivity contribution < 1.29 is 19.0 Å². The minimum Gasteiger partial charge on any atom is -0.496 e. The van der Waals surface area contributed by atoms with Crippen molar-refractivity contribution in [3.63, 3.8) is 0 Å². The fraction of sp³-hybridized carbons (Fsp3) is 0.381. The van der Waals surface area contributed by atoms with Crippen molar-refractivity contribution in [2.45, 2.75) is 31.2 Å². The molecule has 0 spiro atoms. The quantitative estimate of drug-likeness (QED) is 0.774. The van der Waals surface area contributed by atoms with E-state index in [1.807, 2.05) is 24.3 Å². The number of carbonyl (C=O) groups is 1. The predicted octanol–water partition coefficient (Wildman–Crippen LogP) is 4.10. The second-order valence-corrected chi connectivity index (χ2v) is 7.08. The van der Waals surface area contributed by atoms with Crippen molar-refractivity contribution in [2.75, 3.05) is 21.3 Å². The van der Waals surface area contributed by atoms with Crippen LogP contribution in [0.15, 0.2) is 36.4 Å². The highest BCUT2D eigenvalue weighted by molar-refractivity contribution is 6.30. The molecular weight excluding hydrogens is 366 g/mol. The van der Waals surface area contributed by atoms with Gasteiger partial charge in [0.25, 0.3) is 0 Å². The smallest absolute Gasteiger partial charge is 0.230 e. The predicted molar refractivity (Wildman–Crippen MR) is 105 cm³/mol. The van der Waals surface area contributed by atoms with Crippen LogP contribution in [0.1, 0.15) is 30.4 Å². The van der Waals surface area contributed by atoms with Crippen LogP contribution in [0.2, 0.25) is 5.02 Å². The standard InChI is InChI=1S/C21H24ClNO4/c1-25-16-11-18(26-2)17(19(12-16)27-3)13-23-20(24)21(8-5-9-21)14-6-4-7-15(22)10-14/h4,6-7,10-12H,5,8-9,13H2,1-3H3,(H,23,24). The highest BCUT2D eigenvalue weighted by Gasteiger charge is 2.45. The van der Waals surface area contributed by atoms with Gasteiger partial charge in [-0.15, -0.1) is 0 Å². The maximum absolute atomic E-state index is 13.1. The van der Waals surface area contributed by atoms with Crippen LogP contribution in [0.4, 0.5) is 0 Å². The summed E-state index contributed by atoms with van der Waals surface area (Å²) >= 11 is 6.14. The molecule has 0 aromatic heterocycles. The average molecular weight is 390 g/mol. The van der Waals surface area contributed by atoms with E-state index in [1.54, 1.807) is 33.5 Å². The maximum atomic E-state index is 13.1. The molecule has 1 aliphatic rings. The van der Waals surface area contributed by atoms with Crippen LogP contribution in [-0.4, -0.2) is 27.2 Å². The lowest BCUT2D eigenvalue weighted by Gasteiger charge is -2.41. The third-order valence-corrected chi connectivity index (χ3v) is 5.50. The molecule has 1 N–H and O–H groups in total. The molecule has 3 rings (SSSR count). The molecule has 0 bridgehead atoms. The SMILES string of the molecule is COc1cc(OC)c(CNC(=O)C2(c3cccc(Cl)c3)CCC2)c(OC)c1. The minimum absolute atomic E-state index is 0.00376. The average Bonchev–Trinajstić information content (AvgIpc) is 2.64. The summed E-state index contributed by atoms with van der Waals surface area (Å²) < 4.78 is 16.2. The van der Waals surface area contributed by atoms with Crippen LogP contribution in [0.25, 0.3) is 0 Å². The molecule has 144 valence electrons. The lowest BCUT2D eigenvalue weighted by Crippen LogP contribution is -2.49. The second kappa shape index (κ2) is 8.09. The minimum atomic E-state index is -0.516. The summed E-state index contributed by atoms with van der Waals surface area (Å²) in [7, 11) is 4.75. The number of carbonyl (C=O) groups excluding carboxylic acids is 1. The van der Waals surface area contributed by atoms with Crippen LogP contribution in [-0.2, 0) is 16.8 Å². The number of halogens is 1. The fourth-order valence-corrected chi connectivity index (χ4v) is 3.74. The summed E-state index contributed by atoms with van der Waals surface area (Å²) in [6, 6.07) is 11.1. The Morgan fingerprint density at radius 1 is 1.07 bits per heavy atom. The molecule has 27 heavy (non-hydrogen) atoms. The van der Waals surface area contributed by atoms with Gasteiger partial charge in [-0.25, -0.2) is 0 Å². The van der Waals surface area contributed by atoms with Crippen molar-refractivity contribution in [2.24, 2.45) is 0 Å². The Balaban J connectivity index is 1.83. The van der Waals surface area contributed by atoms with E-state index in [-0.39, 0.29) is 5.91 Å². The molecule has 6 heteroatoms. The Kier molecular flexibility index (Phi) is 5.80. The van der Waals surface area contributed by atoms with Gasteiger partial charge in [-0.3, -0.25) is 4.79 Å². The van der Waals surface area contributed by atoms with Gasteiger partial charge < -0.3 is 19.5 Å². The van der Waals surface area contributed by atoms with Crippen molar-refractivity contribution in [1.29, 1.82) is 0 Å². The summed E-state index contributed by atoms with van der Waals surface area (Å²) in [5.74, 6) is 1.85. The number of benzene rings is 2. The largest absolute Gasteiger partial charge is 0.496 e. The number of hydrogen-bond acceptors (Lipinski definition) is 4. The first kappa shape index (κ1) is 19.4. The molecule has 2 aromatic carbocycles. The van der Waals surface area contributed by atoms with Gasteiger partial charge in [0.05, 0.1) is 38.9 Å². The van der Waals surface area contributed by atoms with Gasteiger partial charge in [0.15, 0.2) is 0 Å². The Labute approximate surface area is 164 Å². The summed E-state index contributed by atoms with van der Waals surface area (Å²) in [5.41, 5.74) is 1.22. The van der Waals surface area contributed by atoms with Crippen LogP contribution >= 0.6 is 11.6 Å². The lowest BCUT2D eigenvalue weighted by atomic mass is 9.64. The molecule has 5 nitrogen and oxygen atoms in total. The first-order valence-corrected chi connectivity index (χ1v) is 9.25. The zero-order valence-corrected chi connectivity index (χ0v) is 16.6. The highest BCUT2D eigenvalue weighted by Crippen LogP contribution is 2.45. The molecular formula is C21H24ClNO4. The molecule has 1 amide bonds. The van der Waals surface area contributed by atoms with E-state index in [9.17, 15) is 4.79 Å². The molecule has 0 heterocycles. The molecule has 2 aromatic rings. The van der Waals surface area contributed by atoms with Gasteiger partial charge in [-0.1, -0.05) is 30.2 Å². The van der Waals surface area contributed by atoms with Crippen LogP contribution in [0, 0.1) is 0 Å². The van der Waals surface area contributed by atoms with E-state index < -0.39 is 5.41 Å². The second-order valence-electron chi connectivity index (χ2n) is 6.64. The van der Waals surface area contributed by atoms with E-state index in [1.165, 1.54) is 0 Å². The van der Waals surface area contributed by atoms with Gasteiger partial charge in [-0.2, -0.15) is 0 Å². The first-order chi connectivity index (χ1) is 13.0. The van der Waals surface area contributed by atoms with Crippen LogP contribution < -0.4 is 19.5 Å². The summed E-state index contributed by atoms with van der Waals surface area (Å²) in [5, 5.41) is 3.71. The Bertz CT molecular complexity index is 808. The topological polar surface area (TPSA) is 56.8 Å². The van der Waals surface area contributed by atoms with Gasteiger partial charge in [0.2, 0.25) is 5.91 Å². The van der Waals surface area contributed by atoms with Crippen molar-refractivity contribution >= 4 is 17.5 Å². The number of nitrogens with one attached hydrogen (secondary N) is 1. The summed E-state index contributed by atoms with van der Waals surface area (Å²) in [6.07, 6.45) is 2.65. The number of ether oxygens (including phenoxy) is 3. The molecule has 0 unspecified atom stereocenters. The van der Waals surface area contributed by atoms with E-state index in [2.05, 4.69) is 5.32 Å². The lowest BCUT2D eigenvalue weighted by molar-refractivity contribution is -0.130. The third kappa shape index (κ3) is 3.69. The van der Waals surface area contributed by atoms with Crippen molar-refractivity contribution in [3.8, 4) is 17.2 Å². The third-order valence-electron chi connectivity index (χ3n) is 5.26. The van der Waals surface area contributed by atoms with Crippen molar-refractivity contribution in [3.05, 3.63) is 52.5 Å². The number of methoxy groups -OCH3 is 3. The zero-order chi connectivity index (χ0) is 19.4. The Morgan fingerprint density at radius 3 is 2.22 bits per heavy atom. The summed E-state index contributed by atoms with van der Waals surface area (Å²) in [4.78, 5) is 13.1. The molecule has 0 saturated heterocycles. The van der Waals surface area contributed by atoms with Gasteiger partial charge in [-0.05, 0) is 30.5 Å². The van der Waals surface area contributed by atoms with E-state index in [0.29, 0.717) is 28.8 Å². The molecule has 1 saturated carbocycles. The molecule has 1 aliphatic carbocycles. The van der Waals surface area contributed by atoms with Crippen LogP contribution in [0.3, 0.4) is 0 Å². The first-order valence-electron chi connectivity index (χ1n) is 8.87. The van der Waals surface area contributed by atoms with E-state index >= 15 is 0 Å². The van der Waals surface area contributed by atoms with Gasteiger partial charge in [0, 0.05) is 17.2 Å². The highest BCUT2D eigenvalue weighted by atomic mass is 35.5. The molecule has 0 aliphatic heterocycles. The monoisotopic (exact) mass is 389 g/mol. The van der Waals surface area contributed by atoms with Crippen molar-refractivity contribution in [1.82, 2.24) is 5.32 Å². The number of rotatable bonds is 7. The number of hydrogen-bond donors (Lipinski definition) is 1. The normalized spacial score (nSPS) is 14.8. The fourth-order valence-electron chi connectivity index (χ4n) is 3.55. The van der Waals surface area contributed by atoms with E-state index in [4.69, 9.17) is 25.8 Å². The summed E-state index contributed by atoms with van der Waals surface area (Å²) in [6.45, 7) is 0.303. The zero-order valence-electron chi connectivity index (χ0n) is 15.8.